The Bertz CT molecular complexity index is 483. The molecule has 1 aromatic carbocycles. The first kappa shape index (κ1) is 9.71. The molecular formula is C11H12FN3. The maximum atomic E-state index is 13.4. The molecule has 1 heterocycles. The Labute approximate surface area is 87.3 Å². The van der Waals surface area contributed by atoms with Gasteiger partial charge >= 0.3 is 0 Å². The van der Waals surface area contributed by atoms with Crippen LogP contribution in [-0.2, 0) is 7.05 Å². The third-order valence-corrected chi connectivity index (χ3v) is 2.49. The summed E-state index contributed by atoms with van der Waals surface area (Å²) in [5, 5.41) is 4.03. The minimum absolute atomic E-state index is 0.229. The third-order valence-electron chi connectivity index (χ3n) is 2.49. The minimum atomic E-state index is -0.229. The van der Waals surface area contributed by atoms with Gasteiger partial charge in [-0.25, -0.2) is 4.39 Å². The van der Waals surface area contributed by atoms with E-state index in [4.69, 9.17) is 5.73 Å². The van der Waals surface area contributed by atoms with Crippen molar-refractivity contribution in [2.45, 2.75) is 6.92 Å². The molecule has 2 rings (SSSR count). The number of anilines is 1. The monoisotopic (exact) mass is 205 g/mol. The highest BCUT2D eigenvalue weighted by molar-refractivity contribution is 5.74. The van der Waals surface area contributed by atoms with Gasteiger partial charge in [-0.15, -0.1) is 0 Å². The zero-order valence-electron chi connectivity index (χ0n) is 8.66. The predicted molar refractivity (Wildman–Crippen MR) is 57.8 cm³/mol. The molecule has 0 atom stereocenters. The van der Waals surface area contributed by atoms with Crippen LogP contribution in [-0.4, -0.2) is 9.78 Å². The summed E-state index contributed by atoms with van der Waals surface area (Å²) in [6.45, 7) is 1.73. The maximum absolute atomic E-state index is 13.4. The highest BCUT2D eigenvalue weighted by Gasteiger charge is 2.12. The zero-order valence-corrected chi connectivity index (χ0v) is 8.66. The smallest absolute Gasteiger partial charge is 0.126 e. The van der Waals surface area contributed by atoms with Crippen LogP contribution in [0.15, 0.2) is 24.4 Å². The van der Waals surface area contributed by atoms with Gasteiger partial charge in [0.1, 0.15) is 5.82 Å². The molecule has 1 aromatic heterocycles. The second-order valence-electron chi connectivity index (χ2n) is 3.48. The van der Waals surface area contributed by atoms with Gasteiger partial charge < -0.3 is 5.73 Å². The van der Waals surface area contributed by atoms with E-state index in [2.05, 4.69) is 5.10 Å². The van der Waals surface area contributed by atoms with E-state index < -0.39 is 0 Å². The van der Waals surface area contributed by atoms with Gasteiger partial charge in [-0.1, -0.05) is 12.1 Å². The van der Waals surface area contributed by atoms with Crippen LogP contribution in [0, 0.1) is 12.7 Å². The van der Waals surface area contributed by atoms with Crippen molar-refractivity contribution in [1.29, 1.82) is 0 Å². The summed E-state index contributed by atoms with van der Waals surface area (Å²) in [6.07, 6.45) is 1.57. The van der Waals surface area contributed by atoms with Crippen LogP contribution in [0.2, 0.25) is 0 Å². The first-order chi connectivity index (χ1) is 7.11. The van der Waals surface area contributed by atoms with Crippen molar-refractivity contribution >= 4 is 5.69 Å². The van der Waals surface area contributed by atoms with Crippen molar-refractivity contribution in [1.82, 2.24) is 9.78 Å². The van der Waals surface area contributed by atoms with Crippen molar-refractivity contribution in [3.05, 3.63) is 35.8 Å². The second kappa shape index (κ2) is 3.38. The Morgan fingerprint density at radius 1 is 1.40 bits per heavy atom. The zero-order chi connectivity index (χ0) is 11.0. The summed E-state index contributed by atoms with van der Waals surface area (Å²) in [5.41, 5.74) is 8.48. The summed E-state index contributed by atoms with van der Waals surface area (Å²) in [7, 11) is 1.79. The predicted octanol–water partition coefficient (Wildman–Crippen LogP) is 2.12. The van der Waals surface area contributed by atoms with Crippen LogP contribution in [0.5, 0.6) is 0 Å². The number of rotatable bonds is 1. The van der Waals surface area contributed by atoms with Crippen LogP contribution in [0.1, 0.15) is 5.56 Å². The molecule has 0 unspecified atom stereocenters. The summed E-state index contributed by atoms with van der Waals surface area (Å²) in [5.74, 6) is -0.229. The van der Waals surface area contributed by atoms with Crippen molar-refractivity contribution in [3.8, 4) is 11.3 Å². The summed E-state index contributed by atoms with van der Waals surface area (Å²) >= 11 is 0. The number of halogens is 1. The molecule has 0 aliphatic rings. The Balaban J connectivity index is 2.69. The number of aromatic nitrogens is 2. The quantitative estimate of drug-likeness (QED) is 0.774. The Morgan fingerprint density at radius 3 is 2.73 bits per heavy atom. The molecule has 0 spiro atoms. The molecule has 0 aliphatic carbocycles. The second-order valence-corrected chi connectivity index (χ2v) is 3.48. The molecule has 78 valence electrons. The molecule has 15 heavy (non-hydrogen) atoms. The highest BCUT2D eigenvalue weighted by atomic mass is 19.1. The van der Waals surface area contributed by atoms with Crippen molar-refractivity contribution in [2.75, 3.05) is 5.73 Å². The van der Waals surface area contributed by atoms with Gasteiger partial charge in [-0.05, 0) is 18.6 Å². The molecule has 3 nitrogen and oxygen atoms in total. The third kappa shape index (κ3) is 1.48. The van der Waals surface area contributed by atoms with Crippen molar-refractivity contribution in [2.24, 2.45) is 7.05 Å². The molecular weight excluding hydrogens is 193 g/mol. The van der Waals surface area contributed by atoms with E-state index in [0.29, 0.717) is 11.3 Å². The average molecular weight is 205 g/mol. The topological polar surface area (TPSA) is 43.8 Å². The molecule has 0 saturated carbocycles. The van der Waals surface area contributed by atoms with E-state index in [1.165, 1.54) is 6.07 Å². The van der Waals surface area contributed by atoms with E-state index in [0.717, 1.165) is 11.3 Å². The van der Waals surface area contributed by atoms with Gasteiger partial charge in [0.15, 0.2) is 0 Å². The van der Waals surface area contributed by atoms with Crippen molar-refractivity contribution in [3.63, 3.8) is 0 Å². The first-order valence-electron chi connectivity index (χ1n) is 4.64. The molecule has 0 amide bonds. The fraction of sp³-hybridized carbons (Fsp3) is 0.182. The molecule has 0 bridgehead atoms. The Hall–Kier alpha value is -1.84. The van der Waals surface area contributed by atoms with Gasteiger partial charge in [0.05, 0.1) is 17.6 Å². The van der Waals surface area contributed by atoms with E-state index in [1.807, 2.05) is 6.07 Å². The molecule has 0 radical (unpaired) electrons. The number of aryl methyl sites for hydroxylation is 1. The van der Waals surface area contributed by atoms with Crippen LogP contribution in [0.25, 0.3) is 11.3 Å². The molecule has 0 saturated heterocycles. The number of nitrogens with zero attached hydrogens (tertiary/aromatic N) is 2. The normalized spacial score (nSPS) is 10.6. The van der Waals surface area contributed by atoms with Crippen LogP contribution < -0.4 is 5.73 Å². The van der Waals surface area contributed by atoms with Gasteiger partial charge in [-0.2, -0.15) is 5.10 Å². The Kier molecular flexibility index (Phi) is 2.19. The Morgan fingerprint density at radius 2 is 2.13 bits per heavy atom. The van der Waals surface area contributed by atoms with Gasteiger partial charge in [-0.3, -0.25) is 4.68 Å². The molecule has 0 fully saturated rings. The van der Waals surface area contributed by atoms with E-state index in [9.17, 15) is 4.39 Å². The summed E-state index contributed by atoms with van der Waals surface area (Å²) in [6, 6.07) is 4.95. The van der Waals surface area contributed by atoms with Gasteiger partial charge in [0.25, 0.3) is 0 Å². The lowest BCUT2D eigenvalue weighted by atomic mass is 10.0. The largest absolute Gasteiger partial charge is 0.396 e. The molecule has 4 heteroatoms. The molecule has 2 N–H and O–H groups in total. The lowest BCUT2D eigenvalue weighted by Crippen LogP contribution is -1.98. The fourth-order valence-electron chi connectivity index (χ4n) is 1.65. The number of benzene rings is 1. The van der Waals surface area contributed by atoms with Crippen molar-refractivity contribution < 1.29 is 4.39 Å². The van der Waals surface area contributed by atoms with E-state index in [1.54, 1.807) is 30.9 Å². The van der Waals surface area contributed by atoms with Gasteiger partial charge in [0.2, 0.25) is 0 Å². The fourth-order valence-corrected chi connectivity index (χ4v) is 1.65. The lowest BCUT2D eigenvalue weighted by molar-refractivity contribution is 0.618. The number of hydrogen-bond donors (Lipinski definition) is 1. The SMILES string of the molecule is Cc1c(F)cccc1-c1c(N)cnn1C. The number of nitrogens with two attached hydrogens (primary N) is 1. The van der Waals surface area contributed by atoms with Crippen LogP contribution in [0.4, 0.5) is 10.1 Å². The lowest BCUT2D eigenvalue weighted by Gasteiger charge is -2.07. The average Bonchev–Trinajstić information content (AvgIpc) is 2.52. The van der Waals surface area contributed by atoms with E-state index in [-0.39, 0.29) is 5.82 Å². The van der Waals surface area contributed by atoms with E-state index >= 15 is 0 Å². The molecule has 0 aliphatic heterocycles. The van der Waals surface area contributed by atoms with Crippen LogP contribution in [0.3, 0.4) is 0 Å². The van der Waals surface area contributed by atoms with Gasteiger partial charge in [0, 0.05) is 12.6 Å². The molecule has 2 aromatic rings. The summed E-state index contributed by atoms with van der Waals surface area (Å²) in [4.78, 5) is 0. The van der Waals surface area contributed by atoms with Crippen LogP contribution >= 0.6 is 0 Å². The highest BCUT2D eigenvalue weighted by Crippen LogP contribution is 2.28. The number of nitrogen functional groups attached to an aromatic ring is 1. The minimum Gasteiger partial charge on any atom is -0.396 e. The standard InChI is InChI=1S/C11H12FN3/c1-7-8(4-3-5-9(7)12)11-10(13)6-14-15(11)2/h3-6H,13H2,1-2H3. The number of hydrogen-bond acceptors (Lipinski definition) is 2. The first-order valence-corrected chi connectivity index (χ1v) is 4.64. The summed E-state index contributed by atoms with van der Waals surface area (Å²) < 4.78 is 15.0. The maximum Gasteiger partial charge on any atom is 0.126 e.